The second-order valence-electron chi connectivity index (χ2n) is 9.43. The minimum absolute atomic E-state index is 0.00381. The Bertz CT molecular complexity index is 1410. The number of halogens is 1. The number of nitrogens with zero attached hydrogens (tertiary/aromatic N) is 2. The molecule has 208 valence electrons. The van der Waals surface area contributed by atoms with E-state index in [0.717, 1.165) is 15.4 Å². The average Bonchev–Trinajstić information content (AvgIpc) is 2.90. The summed E-state index contributed by atoms with van der Waals surface area (Å²) in [6.07, 6.45) is 0. The summed E-state index contributed by atoms with van der Waals surface area (Å²) in [5.74, 6) is -0.682. The van der Waals surface area contributed by atoms with Gasteiger partial charge in [-0.1, -0.05) is 54.1 Å². The number of amides is 2. The predicted molar refractivity (Wildman–Crippen MR) is 153 cm³/mol. The summed E-state index contributed by atoms with van der Waals surface area (Å²) in [6.45, 7) is 6.74. The van der Waals surface area contributed by atoms with E-state index in [-0.39, 0.29) is 39.8 Å². The van der Waals surface area contributed by atoms with Gasteiger partial charge in [0, 0.05) is 17.6 Å². The van der Waals surface area contributed by atoms with Crippen LogP contribution in [0, 0.1) is 6.92 Å². The molecule has 0 radical (unpaired) electrons. The Morgan fingerprint density at radius 3 is 2.23 bits per heavy atom. The predicted octanol–water partition coefficient (Wildman–Crippen LogP) is 4.79. The van der Waals surface area contributed by atoms with Crippen LogP contribution >= 0.6 is 11.6 Å². The zero-order valence-corrected chi connectivity index (χ0v) is 24.3. The first-order chi connectivity index (χ1) is 18.4. The lowest BCUT2D eigenvalue weighted by atomic mass is 10.1. The Kier molecular flexibility index (Phi) is 9.99. The third-order valence-corrected chi connectivity index (χ3v) is 8.23. The summed E-state index contributed by atoms with van der Waals surface area (Å²) < 4.78 is 34.2. The van der Waals surface area contributed by atoms with Crippen molar-refractivity contribution in [3.8, 4) is 5.75 Å². The number of sulfonamides is 1. The van der Waals surface area contributed by atoms with Crippen LogP contribution < -0.4 is 14.4 Å². The Morgan fingerprint density at radius 2 is 1.62 bits per heavy atom. The van der Waals surface area contributed by atoms with Crippen molar-refractivity contribution in [1.29, 1.82) is 0 Å². The maximum atomic E-state index is 14.0. The van der Waals surface area contributed by atoms with E-state index in [9.17, 15) is 18.0 Å². The van der Waals surface area contributed by atoms with Crippen molar-refractivity contribution in [3.63, 3.8) is 0 Å². The molecule has 8 nitrogen and oxygen atoms in total. The molecule has 0 fully saturated rings. The van der Waals surface area contributed by atoms with Crippen molar-refractivity contribution in [2.45, 2.75) is 51.2 Å². The quantitative estimate of drug-likeness (QED) is 0.357. The molecular weight excluding hydrogens is 538 g/mol. The number of aryl methyl sites for hydroxylation is 1. The van der Waals surface area contributed by atoms with Crippen molar-refractivity contribution >= 4 is 39.1 Å². The standard InChI is InChI=1S/C29H34ClN3O5S/c1-20(2)31-29(35)22(4)32(18-23-12-10-9-11-21(23)3)28(34)19-33(26-17-24(30)15-16-27(26)38-5)39(36,37)25-13-7-6-8-14-25/h6-17,20,22H,18-19H2,1-5H3,(H,31,35)/t22-/m0/s1. The molecule has 0 bridgehead atoms. The molecule has 0 aliphatic rings. The van der Waals surface area contributed by atoms with Crippen LogP contribution in [-0.4, -0.2) is 50.9 Å². The fourth-order valence-electron chi connectivity index (χ4n) is 4.05. The van der Waals surface area contributed by atoms with Gasteiger partial charge >= 0.3 is 0 Å². The lowest BCUT2D eigenvalue weighted by Gasteiger charge is -2.33. The van der Waals surface area contributed by atoms with Gasteiger partial charge < -0.3 is 15.0 Å². The Hall–Kier alpha value is -3.56. The number of nitrogens with one attached hydrogen (secondary N) is 1. The highest BCUT2D eigenvalue weighted by molar-refractivity contribution is 7.92. The van der Waals surface area contributed by atoms with Crippen LogP contribution in [0.3, 0.4) is 0 Å². The number of hydrogen-bond acceptors (Lipinski definition) is 5. The van der Waals surface area contributed by atoms with Crippen LogP contribution in [0.15, 0.2) is 77.7 Å². The normalized spacial score (nSPS) is 12.1. The van der Waals surface area contributed by atoms with E-state index >= 15 is 0 Å². The SMILES string of the molecule is COc1ccc(Cl)cc1N(CC(=O)N(Cc1ccccc1C)[C@@H](C)C(=O)NC(C)C)S(=O)(=O)c1ccccc1. The molecule has 2 amide bonds. The fourth-order valence-corrected chi connectivity index (χ4v) is 5.65. The molecule has 3 aromatic rings. The highest BCUT2D eigenvalue weighted by Gasteiger charge is 2.34. The summed E-state index contributed by atoms with van der Waals surface area (Å²) in [5.41, 5.74) is 1.89. The van der Waals surface area contributed by atoms with Crippen LogP contribution in [0.25, 0.3) is 0 Å². The van der Waals surface area contributed by atoms with Gasteiger partial charge in [-0.3, -0.25) is 13.9 Å². The molecule has 0 aliphatic heterocycles. The largest absolute Gasteiger partial charge is 0.495 e. The van der Waals surface area contributed by atoms with Gasteiger partial charge in [-0.05, 0) is 69.2 Å². The Labute approximate surface area is 235 Å². The smallest absolute Gasteiger partial charge is 0.264 e. The zero-order valence-electron chi connectivity index (χ0n) is 22.7. The summed E-state index contributed by atoms with van der Waals surface area (Å²) in [6, 6.07) is 18.9. The second kappa shape index (κ2) is 13.0. The van der Waals surface area contributed by atoms with Crippen molar-refractivity contribution in [2.24, 2.45) is 0 Å². The molecule has 0 aliphatic carbocycles. The van der Waals surface area contributed by atoms with Crippen molar-refractivity contribution in [3.05, 3.63) is 88.9 Å². The van der Waals surface area contributed by atoms with Crippen LogP contribution in [0.4, 0.5) is 5.69 Å². The van der Waals surface area contributed by atoms with Gasteiger partial charge in [-0.25, -0.2) is 8.42 Å². The van der Waals surface area contributed by atoms with E-state index in [4.69, 9.17) is 16.3 Å². The third-order valence-electron chi connectivity index (χ3n) is 6.22. The minimum atomic E-state index is -4.23. The Morgan fingerprint density at radius 1 is 0.974 bits per heavy atom. The van der Waals surface area contributed by atoms with Crippen molar-refractivity contribution in [2.75, 3.05) is 18.0 Å². The third kappa shape index (κ3) is 7.30. The van der Waals surface area contributed by atoms with Crippen molar-refractivity contribution < 1.29 is 22.7 Å². The molecule has 0 spiro atoms. The topological polar surface area (TPSA) is 96.0 Å². The molecular formula is C29H34ClN3O5S. The summed E-state index contributed by atoms with van der Waals surface area (Å²) >= 11 is 6.25. The van der Waals surface area contributed by atoms with Gasteiger partial charge in [0.05, 0.1) is 17.7 Å². The molecule has 1 N–H and O–H groups in total. The summed E-state index contributed by atoms with van der Waals surface area (Å²) in [7, 11) is -2.82. The molecule has 3 aromatic carbocycles. The summed E-state index contributed by atoms with van der Waals surface area (Å²) in [4.78, 5) is 28.4. The van der Waals surface area contributed by atoms with E-state index in [1.54, 1.807) is 37.3 Å². The first-order valence-corrected chi connectivity index (χ1v) is 14.3. The summed E-state index contributed by atoms with van der Waals surface area (Å²) in [5, 5.41) is 3.11. The van der Waals surface area contributed by atoms with E-state index < -0.39 is 28.5 Å². The average molecular weight is 572 g/mol. The maximum absolute atomic E-state index is 14.0. The highest BCUT2D eigenvalue weighted by Crippen LogP contribution is 2.35. The molecule has 10 heteroatoms. The van der Waals surface area contributed by atoms with E-state index in [0.29, 0.717) is 0 Å². The second-order valence-corrected chi connectivity index (χ2v) is 11.7. The minimum Gasteiger partial charge on any atom is -0.495 e. The van der Waals surface area contributed by atoms with Gasteiger partial charge in [-0.15, -0.1) is 0 Å². The van der Waals surface area contributed by atoms with E-state index in [1.807, 2.05) is 45.0 Å². The number of methoxy groups -OCH3 is 1. The number of rotatable bonds is 11. The number of anilines is 1. The zero-order chi connectivity index (χ0) is 28.7. The van der Waals surface area contributed by atoms with Gasteiger partial charge in [0.2, 0.25) is 11.8 Å². The highest BCUT2D eigenvalue weighted by atomic mass is 35.5. The van der Waals surface area contributed by atoms with E-state index in [1.165, 1.54) is 30.2 Å². The number of hydrogen-bond donors (Lipinski definition) is 1. The fraction of sp³-hybridized carbons (Fsp3) is 0.310. The van der Waals surface area contributed by atoms with Crippen LogP contribution in [0.5, 0.6) is 5.75 Å². The molecule has 0 saturated carbocycles. The number of carbonyl (C=O) groups is 2. The van der Waals surface area contributed by atoms with Crippen LogP contribution in [0.2, 0.25) is 5.02 Å². The molecule has 0 saturated heterocycles. The maximum Gasteiger partial charge on any atom is 0.264 e. The molecule has 0 unspecified atom stereocenters. The first kappa shape index (κ1) is 30.0. The molecule has 1 atom stereocenters. The van der Waals surface area contributed by atoms with Gasteiger partial charge in [0.25, 0.3) is 10.0 Å². The lowest BCUT2D eigenvalue weighted by Crippen LogP contribution is -2.52. The number of benzene rings is 3. The molecule has 0 heterocycles. The molecule has 3 rings (SSSR count). The first-order valence-electron chi connectivity index (χ1n) is 12.5. The van der Waals surface area contributed by atoms with E-state index in [2.05, 4.69) is 5.32 Å². The van der Waals surface area contributed by atoms with Gasteiger partial charge in [0.1, 0.15) is 18.3 Å². The molecule has 0 aromatic heterocycles. The monoisotopic (exact) mass is 571 g/mol. The number of carbonyl (C=O) groups excluding carboxylic acids is 2. The van der Waals surface area contributed by atoms with Gasteiger partial charge in [-0.2, -0.15) is 0 Å². The Balaban J connectivity index is 2.10. The van der Waals surface area contributed by atoms with Crippen molar-refractivity contribution in [1.82, 2.24) is 10.2 Å². The van der Waals surface area contributed by atoms with Gasteiger partial charge in [0.15, 0.2) is 0 Å². The number of ether oxygens (including phenoxy) is 1. The van der Waals surface area contributed by atoms with Crippen LogP contribution in [-0.2, 0) is 26.2 Å². The molecule has 39 heavy (non-hydrogen) atoms. The van der Waals surface area contributed by atoms with Crippen LogP contribution in [0.1, 0.15) is 31.9 Å². The lowest BCUT2D eigenvalue weighted by molar-refractivity contribution is -0.139.